The van der Waals surface area contributed by atoms with Gasteiger partial charge in [-0.3, -0.25) is 9.48 Å². The summed E-state index contributed by atoms with van der Waals surface area (Å²) >= 11 is 0. The van der Waals surface area contributed by atoms with Gasteiger partial charge in [-0.2, -0.15) is 5.10 Å². The van der Waals surface area contributed by atoms with Gasteiger partial charge in [-0.15, -0.1) is 0 Å². The number of nitrogens with zero attached hydrogens (tertiary/aromatic N) is 5. The normalized spacial score (nSPS) is 14.4. The number of aliphatic hydroxyl groups excluding tert-OH is 1. The Morgan fingerprint density at radius 2 is 1.88 bits per heavy atom. The average Bonchev–Trinajstić information content (AvgIpc) is 3.28. The van der Waals surface area contributed by atoms with Crippen molar-refractivity contribution in [1.82, 2.24) is 24.6 Å². The van der Waals surface area contributed by atoms with Crippen LogP contribution in [0, 0.1) is 6.92 Å². The number of carbonyl (C=O) groups excluding carboxylic acids is 1. The summed E-state index contributed by atoms with van der Waals surface area (Å²) in [7, 11) is 0. The number of benzene rings is 1. The number of carboxylic acids is 1. The Labute approximate surface area is 184 Å². The minimum Gasteiger partial charge on any atom is -0.478 e. The molecule has 32 heavy (non-hydrogen) atoms. The highest BCUT2D eigenvalue weighted by Gasteiger charge is 2.24. The van der Waals surface area contributed by atoms with Gasteiger partial charge in [0.2, 0.25) is 11.9 Å². The van der Waals surface area contributed by atoms with Crippen molar-refractivity contribution in [3.8, 4) is 11.3 Å². The van der Waals surface area contributed by atoms with E-state index in [2.05, 4.69) is 20.4 Å². The lowest BCUT2D eigenvalue weighted by molar-refractivity contribution is -0.135. The second-order valence-electron chi connectivity index (χ2n) is 7.71. The molecule has 3 heterocycles. The molecule has 1 saturated heterocycles. The first-order chi connectivity index (χ1) is 15.4. The molecular weight excluding hydrogens is 412 g/mol. The quantitative estimate of drug-likeness (QED) is 0.536. The van der Waals surface area contributed by atoms with Gasteiger partial charge in [0.15, 0.2) is 0 Å². The molecule has 1 fully saturated rings. The standard InChI is InChI=1S/C22H24N6O4/c1-14-10-23-22(26-20(14)15-2-4-16(5-3-15)21(31)32)25-17-11-24-28(12-17)18-6-8-27(9-7-18)19(30)13-29/h2-5,10-12,18,29H,6-9,13H2,1H3,(H,31,32)(H,23,25,26). The number of carbonyl (C=O) groups is 2. The van der Waals surface area contributed by atoms with E-state index in [-0.39, 0.29) is 17.5 Å². The summed E-state index contributed by atoms with van der Waals surface area (Å²) in [6.07, 6.45) is 6.84. The lowest BCUT2D eigenvalue weighted by Crippen LogP contribution is -2.40. The summed E-state index contributed by atoms with van der Waals surface area (Å²) in [4.78, 5) is 33.3. The van der Waals surface area contributed by atoms with Crippen molar-refractivity contribution >= 4 is 23.5 Å². The van der Waals surface area contributed by atoms with Crippen LogP contribution >= 0.6 is 0 Å². The van der Waals surface area contributed by atoms with E-state index in [1.54, 1.807) is 41.6 Å². The number of amides is 1. The fraction of sp³-hybridized carbons (Fsp3) is 0.318. The first-order valence-corrected chi connectivity index (χ1v) is 10.3. The van der Waals surface area contributed by atoms with E-state index < -0.39 is 12.6 Å². The molecular formula is C22H24N6O4. The van der Waals surface area contributed by atoms with E-state index in [1.165, 1.54) is 0 Å². The minimum absolute atomic E-state index is 0.176. The van der Waals surface area contributed by atoms with Crippen LogP contribution in [0.3, 0.4) is 0 Å². The number of aliphatic hydroxyl groups is 1. The Kier molecular flexibility index (Phi) is 6.13. The molecule has 166 valence electrons. The number of aryl methyl sites for hydroxylation is 1. The molecule has 0 bridgehead atoms. The summed E-state index contributed by atoms with van der Waals surface area (Å²) in [5.74, 6) is -0.798. The summed E-state index contributed by atoms with van der Waals surface area (Å²) in [6, 6.07) is 6.74. The molecule has 0 unspecified atom stereocenters. The SMILES string of the molecule is Cc1cnc(Nc2cnn(C3CCN(C(=O)CO)CC3)c2)nc1-c1ccc(C(=O)O)cc1. The van der Waals surface area contributed by atoms with Crippen molar-refractivity contribution in [3.63, 3.8) is 0 Å². The number of hydrogen-bond acceptors (Lipinski definition) is 7. The Morgan fingerprint density at radius 1 is 1.16 bits per heavy atom. The third-order valence-corrected chi connectivity index (χ3v) is 5.56. The topological polar surface area (TPSA) is 133 Å². The molecule has 10 heteroatoms. The lowest BCUT2D eigenvalue weighted by Gasteiger charge is -2.31. The molecule has 0 spiro atoms. The zero-order chi connectivity index (χ0) is 22.7. The van der Waals surface area contributed by atoms with Crippen molar-refractivity contribution in [2.24, 2.45) is 0 Å². The number of rotatable bonds is 6. The number of aromatic carboxylic acids is 1. The van der Waals surface area contributed by atoms with Crippen molar-refractivity contribution in [3.05, 3.63) is 54.0 Å². The molecule has 1 aliphatic rings. The van der Waals surface area contributed by atoms with Crippen LogP contribution in [-0.2, 0) is 4.79 Å². The van der Waals surface area contributed by atoms with E-state index in [0.717, 1.165) is 29.7 Å². The Balaban J connectivity index is 1.45. The van der Waals surface area contributed by atoms with Crippen LogP contribution in [0.2, 0.25) is 0 Å². The zero-order valence-corrected chi connectivity index (χ0v) is 17.6. The largest absolute Gasteiger partial charge is 0.478 e. The monoisotopic (exact) mass is 436 g/mol. The van der Waals surface area contributed by atoms with Crippen LogP contribution < -0.4 is 5.32 Å². The highest BCUT2D eigenvalue weighted by Crippen LogP contribution is 2.26. The molecule has 0 radical (unpaired) electrons. The second-order valence-corrected chi connectivity index (χ2v) is 7.71. The molecule has 2 aromatic heterocycles. The lowest BCUT2D eigenvalue weighted by atomic mass is 10.1. The molecule has 0 aliphatic carbocycles. The van der Waals surface area contributed by atoms with E-state index in [4.69, 9.17) is 10.2 Å². The van der Waals surface area contributed by atoms with Crippen LogP contribution in [-0.4, -0.2) is 66.4 Å². The summed E-state index contributed by atoms with van der Waals surface area (Å²) < 4.78 is 1.88. The first kappa shape index (κ1) is 21.4. The van der Waals surface area contributed by atoms with Gasteiger partial charge in [-0.05, 0) is 37.5 Å². The molecule has 3 aromatic rings. The number of carboxylic acid groups (broad SMARTS) is 1. The predicted molar refractivity (Wildman–Crippen MR) is 117 cm³/mol. The number of hydrogen-bond donors (Lipinski definition) is 3. The van der Waals surface area contributed by atoms with E-state index in [1.807, 2.05) is 17.8 Å². The average molecular weight is 436 g/mol. The van der Waals surface area contributed by atoms with Crippen molar-refractivity contribution in [2.45, 2.75) is 25.8 Å². The van der Waals surface area contributed by atoms with Crippen molar-refractivity contribution in [1.29, 1.82) is 0 Å². The Hall–Kier alpha value is -3.79. The van der Waals surface area contributed by atoms with Gasteiger partial charge in [-0.25, -0.2) is 14.8 Å². The summed E-state index contributed by atoms with van der Waals surface area (Å²) in [6.45, 7) is 2.63. The maximum absolute atomic E-state index is 11.6. The number of anilines is 2. The minimum atomic E-state index is -0.971. The fourth-order valence-corrected chi connectivity index (χ4v) is 3.78. The van der Waals surface area contributed by atoms with Crippen LogP contribution in [0.4, 0.5) is 11.6 Å². The number of piperidine rings is 1. The van der Waals surface area contributed by atoms with E-state index in [0.29, 0.717) is 24.7 Å². The molecule has 10 nitrogen and oxygen atoms in total. The number of nitrogens with one attached hydrogen (secondary N) is 1. The first-order valence-electron chi connectivity index (χ1n) is 10.3. The van der Waals surface area contributed by atoms with E-state index in [9.17, 15) is 9.59 Å². The van der Waals surface area contributed by atoms with Gasteiger partial charge in [0.05, 0.1) is 29.2 Å². The fourth-order valence-electron chi connectivity index (χ4n) is 3.78. The van der Waals surface area contributed by atoms with Gasteiger partial charge in [0.1, 0.15) is 6.61 Å². The molecule has 3 N–H and O–H groups in total. The molecule has 1 aromatic carbocycles. The second kappa shape index (κ2) is 9.15. The molecule has 1 amide bonds. The van der Waals surface area contributed by atoms with Gasteiger partial charge < -0.3 is 20.4 Å². The van der Waals surface area contributed by atoms with E-state index >= 15 is 0 Å². The number of aromatic nitrogens is 4. The van der Waals surface area contributed by atoms with Gasteiger partial charge in [-0.1, -0.05) is 12.1 Å². The van der Waals surface area contributed by atoms with Crippen LogP contribution in [0.5, 0.6) is 0 Å². The third-order valence-electron chi connectivity index (χ3n) is 5.56. The maximum atomic E-state index is 11.6. The zero-order valence-electron chi connectivity index (χ0n) is 17.6. The number of likely N-dealkylation sites (tertiary alicyclic amines) is 1. The predicted octanol–water partition coefficient (Wildman–Crippen LogP) is 2.25. The van der Waals surface area contributed by atoms with Gasteiger partial charge >= 0.3 is 5.97 Å². The van der Waals surface area contributed by atoms with Crippen molar-refractivity contribution < 1.29 is 19.8 Å². The maximum Gasteiger partial charge on any atom is 0.335 e. The smallest absolute Gasteiger partial charge is 0.335 e. The van der Waals surface area contributed by atoms with Crippen molar-refractivity contribution in [2.75, 3.05) is 25.0 Å². The molecule has 0 saturated carbocycles. The third kappa shape index (κ3) is 4.59. The summed E-state index contributed by atoms with van der Waals surface area (Å²) in [5, 5.41) is 25.7. The molecule has 4 rings (SSSR count). The van der Waals surface area contributed by atoms with Crippen LogP contribution in [0.1, 0.15) is 34.8 Å². The molecule has 0 atom stereocenters. The van der Waals surface area contributed by atoms with Gasteiger partial charge in [0.25, 0.3) is 0 Å². The Morgan fingerprint density at radius 3 is 2.53 bits per heavy atom. The highest BCUT2D eigenvalue weighted by atomic mass is 16.4. The van der Waals surface area contributed by atoms with Crippen LogP contribution in [0.15, 0.2) is 42.9 Å². The highest BCUT2D eigenvalue weighted by molar-refractivity contribution is 5.88. The van der Waals surface area contributed by atoms with Crippen LogP contribution in [0.25, 0.3) is 11.3 Å². The van der Waals surface area contributed by atoms with Gasteiger partial charge in [0, 0.05) is 31.0 Å². The molecule has 1 aliphatic heterocycles. The summed E-state index contributed by atoms with van der Waals surface area (Å²) in [5.41, 5.74) is 3.36. The Bertz CT molecular complexity index is 1120.